The highest BCUT2D eigenvalue weighted by Gasteiger charge is 2.60. The molecule has 3 heterocycles. The molecule has 8 heteroatoms. The number of nitrogens with zero attached hydrogens (tertiary/aromatic N) is 3. The number of likely N-dealkylation sites (tertiary alicyclic amines) is 1. The SMILES string of the molecule is Cc1c([C@@H](O)CN2CC3C(C2)C3C(=O)N(C)c2ccns2)ccc2c1COC2=O. The molecule has 2 unspecified atom stereocenters. The number of ether oxygens (including phenoxy) is 1. The molecule has 1 aromatic carbocycles. The first-order valence-corrected chi connectivity index (χ1v) is 10.6. The topological polar surface area (TPSA) is 83.0 Å². The van der Waals surface area contributed by atoms with E-state index in [1.54, 1.807) is 17.2 Å². The van der Waals surface area contributed by atoms with E-state index in [4.69, 9.17) is 4.74 Å². The second kappa shape index (κ2) is 6.90. The van der Waals surface area contributed by atoms with Gasteiger partial charge in [-0.05, 0) is 53.6 Å². The highest BCUT2D eigenvalue weighted by molar-refractivity contribution is 7.10. The van der Waals surface area contributed by atoms with Crippen LogP contribution in [0.4, 0.5) is 5.00 Å². The van der Waals surface area contributed by atoms with Crippen molar-refractivity contribution in [2.75, 3.05) is 31.6 Å². The van der Waals surface area contributed by atoms with Crippen molar-refractivity contribution in [3.63, 3.8) is 0 Å². The van der Waals surface area contributed by atoms with Gasteiger partial charge in [0.05, 0.1) is 11.7 Å². The minimum absolute atomic E-state index is 0.0837. The van der Waals surface area contributed by atoms with Crippen molar-refractivity contribution in [2.24, 2.45) is 17.8 Å². The summed E-state index contributed by atoms with van der Waals surface area (Å²) in [5.74, 6) is 0.709. The van der Waals surface area contributed by atoms with E-state index in [1.165, 1.54) is 11.5 Å². The Balaban J connectivity index is 1.20. The number of β-amino-alcohol motifs (C(OH)–C–C–N with tert-alkyl or cyclic N) is 1. The summed E-state index contributed by atoms with van der Waals surface area (Å²) >= 11 is 1.33. The van der Waals surface area contributed by atoms with Gasteiger partial charge in [0.25, 0.3) is 0 Å². The van der Waals surface area contributed by atoms with Crippen LogP contribution in [0.1, 0.15) is 33.2 Å². The molecule has 0 radical (unpaired) electrons. The van der Waals surface area contributed by atoms with Gasteiger partial charge in [0.2, 0.25) is 5.91 Å². The van der Waals surface area contributed by atoms with Crippen LogP contribution < -0.4 is 4.90 Å². The van der Waals surface area contributed by atoms with Crippen LogP contribution in [0.3, 0.4) is 0 Å². The molecule has 2 fully saturated rings. The molecule has 1 N–H and O–H groups in total. The maximum absolute atomic E-state index is 12.7. The van der Waals surface area contributed by atoms with Crippen LogP contribution in [0, 0.1) is 24.7 Å². The van der Waals surface area contributed by atoms with Crippen molar-refractivity contribution in [2.45, 2.75) is 19.6 Å². The van der Waals surface area contributed by atoms with Gasteiger partial charge in [0.1, 0.15) is 11.6 Å². The van der Waals surface area contributed by atoms with E-state index in [0.717, 1.165) is 34.8 Å². The van der Waals surface area contributed by atoms with E-state index in [2.05, 4.69) is 9.27 Å². The zero-order valence-electron chi connectivity index (χ0n) is 16.4. The number of fused-ring (bicyclic) bond motifs is 2. The van der Waals surface area contributed by atoms with E-state index < -0.39 is 6.10 Å². The summed E-state index contributed by atoms with van der Waals surface area (Å²) in [4.78, 5) is 28.4. The van der Waals surface area contributed by atoms with E-state index >= 15 is 0 Å². The summed E-state index contributed by atoms with van der Waals surface area (Å²) in [6.07, 6.45) is 1.09. The number of esters is 1. The van der Waals surface area contributed by atoms with Crippen LogP contribution >= 0.6 is 11.5 Å². The van der Waals surface area contributed by atoms with Crippen molar-refractivity contribution < 1.29 is 19.4 Å². The summed E-state index contributed by atoms with van der Waals surface area (Å²) in [5, 5.41) is 11.7. The second-order valence-electron chi connectivity index (χ2n) is 8.22. The number of aliphatic hydroxyl groups excluding tert-OH is 1. The van der Waals surface area contributed by atoms with Gasteiger partial charge in [0, 0.05) is 44.4 Å². The number of piperidine rings is 1. The number of hydrogen-bond acceptors (Lipinski definition) is 7. The minimum Gasteiger partial charge on any atom is -0.457 e. The van der Waals surface area contributed by atoms with Crippen molar-refractivity contribution in [3.05, 3.63) is 46.6 Å². The van der Waals surface area contributed by atoms with Gasteiger partial charge in [-0.2, -0.15) is 4.37 Å². The van der Waals surface area contributed by atoms with E-state index in [0.29, 0.717) is 23.9 Å². The van der Waals surface area contributed by atoms with Crippen LogP contribution in [0.15, 0.2) is 24.4 Å². The lowest BCUT2D eigenvalue weighted by atomic mass is 9.95. The number of carbonyl (C=O) groups excluding carboxylic acids is 2. The van der Waals surface area contributed by atoms with E-state index in [1.807, 2.05) is 26.1 Å². The molecule has 1 aliphatic carbocycles. The molecule has 2 aromatic rings. The number of hydrogen-bond donors (Lipinski definition) is 1. The lowest BCUT2D eigenvalue weighted by molar-refractivity contribution is -0.120. The maximum atomic E-state index is 12.7. The van der Waals surface area contributed by atoms with Gasteiger partial charge in [0.15, 0.2) is 0 Å². The number of benzene rings is 1. The predicted molar refractivity (Wildman–Crippen MR) is 108 cm³/mol. The average molecular weight is 413 g/mol. The molecule has 29 heavy (non-hydrogen) atoms. The van der Waals surface area contributed by atoms with Crippen molar-refractivity contribution in [1.82, 2.24) is 9.27 Å². The molecule has 1 amide bonds. The largest absolute Gasteiger partial charge is 0.457 e. The van der Waals surface area contributed by atoms with Crippen LogP contribution in [0.25, 0.3) is 0 Å². The maximum Gasteiger partial charge on any atom is 0.338 e. The molecule has 152 valence electrons. The standard InChI is InChI=1S/C21H23N3O4S/c1-11-12(3-4-13-16(11)10-28-21(13)27)17(25)9-24-7-14-15(8-24)19(14)20(26)23(2)18-5-6-22-29-18/h3-6,14-15,17,19,25H,7-10H2,1-2H3/t14?,15?,17-,19?/m0/s1. The van der Waals surface area contributed by atoms with Crippen LogP contribution in [-0.4, -0.2) is 52.9 Å². The highest BCUT2D eigenvalue weighted by atomic mass is 32.1. The van der Waals surface area contributed by atoms with Gasteiger partial charge in [-0.1, -0.05) is 6.07 Å². The Bertz CT molecular complexity index is 965. The number of carbonyl (C=O) groups is 2. The Labute approximate surface area is 173 Å². The average Bonchev–Trinajstić information content (AvgIpc) is 3.18. The molecule has 0 spiro atoms. The van der Waals surface area contributed by atoms with Gasteiger partial charge >= 0.3 is 5.97 Å². The van der Waals surface area contributed by atoms with Gasteiger partial charge in [-0.25, -0.2) is 4.79 Å². The third-order valence-electron chi connectivity index (χ3n) is 6.64. The van der Waals surface area contributed by atoms with Crippen molar-refractivity contribution >= 4 is 28.4 Å². The van der Waals surface area contributed by atoms with Gasteiger partial charge < -0.3 is 14.7 Å². The van der Waals surface area contributed by atoms with Gasteiger partial charge in [-0.3, -0.25) is 9.69 Å². The summed E-state index contributed by atoms with van der Waals surface area (Å²) in [7, 11) is 1.82. The first-order chi connectivity index (χ1) is 14.0. The normalized spacial score (nSPS) is 26.0. The number of aromatic nitrogens is 1. The molecule has 3 atom stereocenters. The summed E-state index contributed by atoms with van der Waals surface area (Å²) in [6, 6.07) is 5.45. The fourth-order valence-electron chi connectivity index (χ4n) is 4.91. The molecule has 7 nitrogen and oxygen atoms in total. The van der Waals surface area contributed by atoms with E-state index in [9.17, 15) is 14.7 Å². The Morgan fingerprint density at radius 2 is 2.14 bits per heavy atom. The number of amides is 1. The summed E-state index contributed by atoms with van der Waals surface area (Å²) in [6.45, 7) is 4.42. The smallest absolute Gasteiger partial charge is 0.338 e. The fourth-order valence-corrected chi connectivity index (χ4v) is 5.48. The molecule has 5 rings (SSSR count). The highest BCUT2D eigenvalue weighted by Crippen LogP contribution is 2.53. The Kier molecular flexibility index (Phi) is 4.45. The third kappa shape index (κ3) is 3.06. The number of cyclic esters (lactones) is 1. The zero-order valence-corrected chi connectivity index (χ0v) is 17.2. The Hall–Kier alpha value is -2.29. The molecule has 3 aliphatic rings. The van der Waals surface area contributed by atoms with E-state index in [-0.39, 0.29) is 24.4 Å². The number of rotatable bonds is 5. The first kappa shape index (κ1) is 18.7. The lowest BCUT2D eigenvalue weighted by Crippen LogP contribution is -2.34. The van der Waals surface area contributed by atoms with Gasteiger partial charge in [-0.15, -0.1) is 0 Å². The predicted octanol–water partition coefficient (Wildman–Crippen LogP) is 2.00. The molecular formula is C21H23N3O4S. The summed E-state index contributed by atoms with van der Waals surface area (Å²) in [5.41, 5.74) is 3.27. The fraction of sp³-hybridized carbons (Fsp3) is 0.476. The molecule has 2 aliphatic heterocycles. The van der Waals surface area contributed by atoms with Crippen LogP contribution in [0.5, 0.6) is 0 Å². The molecular weight excluding hydrogens is 390 g/mol. The van der Waals surface area contributed by atoms with Crippen LogP contribution in [0.2, 0.25) is 0 Å². The Morgan fingerprint density at radius 1 is 1.38 bits per heavy atom. The first-order valence-electron chi connectivity index (χ1n) is 9.84. The Morgan fingerprint density at radius 3 is 2.83 bits per heavy atom. The number of anilines is 1. The number of aliphatic hydroxyl groups is 1. The molecule has 1 saturated heterocycles. The lowest BCUT2D eigenvalue weighted by Gasteiger charge is -2.25. The third-order valence-corrected chi connectivity index (χ3v) is 7.46. The summed E-state index contributed by atoms with van der Waals surface area (Å²) < 4.78 is 9.17. The van der Waals surface area contributed by atoms with Crippen molar-refractivity contribution in [1.29, 1.82) is 0 Å². The molecule has 1 saturated carbocycles. The quantitative estimate of drug-likeness (QED) is 0.755. The zero-order chi connectivity index (χ0) is 20.3. The van der Waals surface area contributed by atoms with Crippen molar-refractivity contribution in [3.8, 4) is 0 Å². The van der Waals surface area contributed by atoms with Crippen LogP contribution in [-0.2, 0) is 16.1 Å². The monoisotopic (exact) mass is 413 g/mol. The molecule has 0 bridgehead atoms. The minimum atomic E-state index is -0.623. The second-order valence-corrected chi connectivity index (χ2v) is 9.03. The molecule has 1 aromatic heterocycles.